The summed E-state index contributed by atoms with van der Waals surface area (Å²) in [5.74, 6) is 0.295. The zero-order valence-corrected chi connectivity index (χ0v) is 26.7. The number of aryl methyl sites for hydroxylation is 2. The lowest BCUT2D eigenvalue weighted by Crippen LogP contribution is -2.28. The molecule has 3 aromatic rings. The zero-order chi connectivity index (χ0) is 30.4. The molecule has 0 amide bonds. The summed E-state index contributed by atoms with van der Waals surface area (Å²) in [5, 5.41) is 0. The van der Waals surface area contributed by atoms with Crippen molar-refractivity contribution >= 4 is 11.9 Å². The lowest BCUT2D eigenvalue weighted by atomic mass is 9.77. The van der Waals surface area contributed by atoms with E-state index in [9.17, 15) is 9.59 Å². The molecule has 0 saturated carbocycles. The van der Waals surface area contributed by atoms with Crippen LogP contribution in [0.5, 0.6) is 11.5 Å². The molecule has 0 aliphatic carbocycles. The van der Waals surface area contributed by atoms with Crippen molar-refractivity contribution in [1.29, 1.82) is 0 Å². The monoisotopic (exact) mass is 542 g/mol. The van der Waals surface area contributed by atoms with Crippen molar-refractivity contribution in [2.75, 3.05) is 0 Å². The highest BCUT2D eigenvalue weighted by molar-refractivity contribution is 5.95. The lowest BCUT2D eigenvalue weighted by Gasteiger charge is -2.31. The van der Waals surface area contributed by atoms with Crippen LogP contribution in [0.3, 0.4) is 0 Å². The fourth-order valence-corrected chi connectivity index (χ4v) is 4.68. The summed E-state index contributed by atoms with van der Waals surface area (Å²) in [6, 6.07) is 13.3. The molecule has 3 rings (SSSR count). The Balaban J connectivity index is 2.53. The van der Waals surface area contributed by atoms with E-state index in [0.717, 1.165) is 44.5 Å². The second kappa shape index (κ2) is 10.9. The van der Waals surface area contributed by atoms with Gasteiger partial charge in [-0.25, -0.2) is 4.79 Å². The van der Waals surface area contributed by atoms with Crippen molar-refractivity contribution < 1.29 is 19.1 Å². The molecule has 4 nitrogen and oxygen atoms in total. The van der Waals surface area contributed by atoms with Crippen molar-refractivity contribution in [2.24, 2.45) is 5.41 Å². The molecule has 0 N–H and O–H groups in total. The average molecular weight is 543 g/mol. The fraction of sp³-hybridized carbons (Fsp3) is 0.444. The van der Waals surface area contributed by atoms with E-state index >= 15 is 0 Å². The Morgan fingerprint density at radius 1 is 0.600 bits per heavy atom. The molecule has 0 bridgehead atoms. The van der Waals surface area contributed by atoms with Gasteiger partial charge in [0.25, 0.3) is 0 Å². The highest BCUT2D eigenvalue weighted by Crippen LogP contribution is 2.50. The molecular weight excluding hydrogens is 496 g/mol. The summed E-state index contributed by atoms with van der Waals surface area (Å²) < 4.78 is 12.7. The van der Waals surface area contributed by atoms with Crippen LogP contribution in [0.25, 0.3) is 11.1 Å². The van der Waals surface area contributed by atoms with Crippen molar-refractivity contribution in [3.63, 3.8) is 0 Å². The normalized spacial score (nSPS) is 12.3. The fourth-order valence-electron chi connectivity index (χ4n) is 4.68. The highest BCUT2D eigenvalue weighted by atomic mass is 16.5. The Bertz CT molecular complexity index is 1440. The van der Waals surface area contributed by atoms with E-state index in [2.05, 4.69) is 67.5 Å². The van der Waals surface area contributed by atoms with Gasteiger partial charge in [-0.15, -0.1) is 0 Å². The molecule has 0 aromatic heterocycles. The van der Waals surface area contributed by atoms with Gasteiger partial charge >= 0.3 is 11.9 Å². The van der Waals surface area contributed by atoms with Crippen LogP contribution in [0.1, 0.15) is 106 Å². The molecule has 0 atom stereocenters. The number of carbonyl (C=O) groups is 2. The minimum atomic E-state index is -0.702. The Kier molecular flexibility index (Phi) is 8.46. The largest absolute Gasteiger partial charge is 0.425 e. The van der Waals surface area contributed by atoms with Gasteiger partial charge in [-0.1, -0.05) is 71.9 Å². The summed E-state index contributed by atoms with van der Waals surface area (Å²) in [7, 11) is 0. The number of benzene rings is 3. The predicted octanol–water partition coefficient (Wildman–Crippen LogP) is 9.35. The van der Waals surface area contributed by atoms with Crippen LogP contribution in [-0.4, -0.2) is 11.9 Å². The topological polar surface area (TPSA) is 52.6 Å². The first-order chi connectivity index (χ1) is 18.2. The molecule has 0 saturated heterocycles. The summed E-state index contributed by atoms with van der Waals surface area (Å²) in [4.78, 5) is 26.9. The van der Waals surface area contributed by atoms with E-state index in [1.54, 1.807) is 12.1 Å². The standard InChI is InChI=1S/C36H46O4/c1-21-19-26(34(5,6)7)30(39-32(37)25-17-15-14-16-18-25)28(23(21)3)29-24(4)22(2)20-27(35(8,9)10)31(29)40-33(38)36(11,12)13/h14-20H,1-13H3. The summed E-state index contributed by atoms with van der Waals surface area (Å²) in [5.41, 5.74) is 6.68. The van der Waals surface area contributed by atoms with Gasteiger partial charge in [0, 0.05) is 22.3 Å². The SMILES string of the molecule is Cc1cc(C(C)(C)C)c(OC(=O)c2ccccc2)c(-c2c(C)c(C)cc(C(C)(C)C)c2OC(=O)C(C)(C)C)c1C. The second-order valence-electron chi connectivity index (χ2n) is 14.0. The van der Waals surface area contributed by atoms with Gasteiger partial charge in [0.1, 0.15) is 11.5 Å². The molecule has 0 unspecified atom stereocenters. The van der Waals surface area contributed by atoms with E-state index in [-0.39, 0.29) is 16.8 Å². The van der Waals surface area contributed by atoms with Gasteiger partial charge in [-0.2, -0.15) is 0 Å². The lowest BCUT2D eigenvalue weighted by molar-refractivity contribution is -0.143. The van der Waals surface area contributed by atoms with E-state index in [4.69, 9.17) is 9.47 Å². The van der Waals surface area contributed by atoms with Gasteiger partial charge in [0.15, 0.2) is 0 Å². The van der Waals surface area contributed by atoms with Crippen molar-refractivity contribution in [3.8, 4) is 22.6 Å². The summed E-state index contributed by atoms with van der Waals surface area (Å²) >= 11 is 0. The molecule has 0 spiro atoms. The van der Waals surface area contributed by atoms with Crippen LogP contribution in [0.4, 0.5) is 0 Å². The Labute approximate surface area is 241 Å². The average Bonchev–Trinajstić information content (AvgIpc) is 2.83. The molecule has 0 radical (unpaired) electrons. The first kappa shape index (κ1) is 31.1. The Morgan fingerprint density at radius 3 is 1.38 bits per heavy atom. The third-order valence-electron chi connectivity index (χ3n) is 7.48. The smallest absolute Gasteiger partial charge is 0.343 e. The minimum Gasteiger partial charge on any atom is -0.425 e. The Morgan fingerprint density at radius 2 is 1.00 bits per heavy atom. The third kappa shape index (κ3) is 6.32. The number of hydrogen-bond acceptors (Lipinski definition) is 4. The highest BCUT2D eigenvalue weighted by Gasteiger charge is 2.34. The molecule has 0 aliphatic rings. The van der Waals surface area contributed by atoms with Gasteiger partial charge in [0.2, 0.25) is 0 Å². The molecule has 214 valence electrons. The van der Waals surface area contributed by atoms with E-state index in [0.29, 0.717) is 17.1 Å². The number of esters is 2. The third-order valence-corrected chi connectivity index (χ3v) is 7.48. The maximum absolute atomic E-state index is 13.5. The maximum Gasteiger partial charge on any atom is 0.343 e. The molecule has 0 aliphatic heterocycles. The molecule has 0 heterocycles. The molecule has 0 fully saturated rings. The van der Waals surface area contributed by atoms with Crippen LogP contribution >= 0.6 is 0 Å². The first-order valence-electron chi connectivity index (χ1n) is 14.0. The van der Waals surface area contributed by atoms with Gasteiger partial charge in [-0.05, 0) is 93.7 Å². The van der Waals surface area contributed by atoms with Crippen molar-refractivity contribution in [1.82, 2.24) is 0 Å². The number of hydrogen-bond donors (Lipinski definition) is 0. The van der Waals surface area contributed by atoms with Crippen LogP contribution in [-0.2, 0) is 15.6 Å². The van der Waals surface area contributed by atoms with E-state index in [1.807, 2.05) is 52.8 Å². The Hall–Kier alpha value is -3.40. The maximum atomic E-state index is 13.5. The van der Waals surface area contributed by atoms with E-state index in [1.165, 1.54) is 0 Å². The minimum absolute atomic E-state index is 0.313. The van der Waals surface area contributed by atoms with Crippen LogP contribution in [0, 0.1) is 33.1 Å². The van der Waals surface area contributed by atoms with Crippen LogP contribution in [0.15, 0.2) is 42.5 Å². The summed E-state index contributed by atoms with van der Waals surface area (Å²) in [6.07, 6.45) is 0. The van der Waals surface area contributed by atoms with E-state index < -0.39 is 11.4 Å². The van der Waals surface area contributed by atoms with Gasteiger partial charge in [-0.3, -0.25) is 4.79 Å². The molecular formula is C36H46O4. The second-order valence-corrected chi connectivity index (χ2v) is 14.0. The van der Waals surface area contributed by atoms with Crippen molar-refractivity contribution in [2.45, 2.75) is 101 Å². The molecule has 40 heavy (non-hydrogen) atoms. The quantitative estimate of drug-likeness (QED) is 0.243. The number of carbonyl (C=O) groups excluding carboxylic acids is 2. The van der Waals surface area contributed by atoms with Gasteiger partial charge < -0.3 is 9.47 Å². The van der Waals surface area contributed by atoms with Crippen molar-refractivity contribution in [3.05, 3.63) is 81.4 Å². The first-order valence-corrected chi connectivity index (χ1v) is 14.0. The summed E-state index contributed by atoms with van der Waals surface area (Å²) in [6.45, 7) is 26.5. The number of rotatable bonds is 4. The molecule has 4 heteroatoms. The zero-order valence-electron chi connectivity index (χ0n) is 26.7. The van der Waals surface area contributed by atoms with Gasteiger partial charge in [0.05, 0.1) is 11.0 Å². The number of ether oxygens (including phenoxy) is 2. The van der Waals surface area contributed by atoms with Crippen LogP contribution in [0.2, 0.25) is 0 Å². The predicted molar refractivity (Wildman–Crippen MR) is 165 cm³/mol. The van der Waals surface area contributed by atoms with Crippen LogP contribution < -0.4 is 9.47 Å². The molecule has 3 aromatic carbocycles.